The maximum atomic E-state index is 6.01. The number of hydrogen-bond acceptors (Lipinski definition) is 0. The molecule has 0 aromatic heterocycles. The van der Waals surface area contributed by atoms with E-state index in [0.29, 0.717) is 5.92 Å². The summed E-state index contributed by atoms with van der Waals surface area (Å²) in [4.78, 5) is 0. The lowest BCUT2D eigenvalue weighted by atomic mass is 9.97. The van der Waals surface area contributed by atoms with E-state index >= 15 is 0 Å². The van der Waals surface area contributed by atoms with Crippen molar-refractivity contribution in [3.8, 4) is 0 Å². The zero-order chi connectivity index (χ0) is 7.56. The molecule has 0 fully saturated rings. The van der Waals surface area contributed by atoms with Crippen LogP contribution in [-0.4, -0.2) is 0 Å². The summed E-state index contributed by atoms with van der Waals surface area (Å²) in [6.45, 7) is 4.35. The summed E-state index contributed by atoms with van der Waals surface area (Å²) >= 11 is 6.01. The van der Waals surface area contributed by atoms with Gasteiger partial charge in [-0.2, -0.15) is 0 Å². The highest BCUT2D eigenvalue weighted by atomic mass is 35.5. The van der Waals surface area contributed by atoms with Gasteiger partial charge in [-0.1, -0.05) is 37.6 Å². The van der Waals surface area contributed by atoms with Gasteiger partial charge in [0, 0.05) is 5.03 Å². The van der Waals surface area contributed by atoms with Gasteiger partial charge < -0.3 is 0 Å². The molecule has 0 aromatic carbocycles. The van der Waals surface area contributed by atoms with E-state index in [1.54, 1.807) is 0 Å². The number of rotatable bonds is 1. The average molecular weight is 157 g/mol. The minimum absolute atomic E-state index is 0.573. The van der Waals surface area contributed by atoms with Crippen LogP contribution in [0.1, 0.15) is 26.7 Å². The standard InChI is InChI=1S/C9H13Cl/c1-7(2)8-5-3-4-6-9(8)10/h3,5,7H,4,6H2,1-2H3. The average Bonchev–Trinajstić information content (AvgIpc) is 1.88. The van der Waals surface area contributed by atoms with Crippen molar-refractivity contribution in [3.63, 3.8) is 0 Å². The smallest absolute Gasteiger partial charge is 0.0218 e. The molecule has 0 saturated heterocycles. The van der Waals surface area contributed by atoms with Crippen LogP contribution in [0, 0.1) is 5.92 Å². The first-order valence-corrected chi connectivity index (χ1v) is 4.14. The Morgan fingerprint density at radius 1 is 1.50 bits per heavy atom. The van der Waals surface area contributed by atoms with Crippen molar-refractivity contribution in [2.24, 2.45) is 5.92 Å². The van der Waals surface area contributed by atoms with Gasteiger partial charge in [0.15, 0.2) is 0 Å². The SMILES string of the molecule is CC(C)C1=C(Cl)CCC=C1. The second kappa shape index (κ2) is 3.25. The molecule has 1 rings (SSSR count). The molecule has 0 N–H and O–H groups in total. The van der Waals surface area contributed by atoms with E-state index in [1.807, 2.05) is 0 Å². The van der Waals surface area contributed by atoms with Crippen LogP contribution in [0.4, 0.5) is 0 Å². The maximum absolute atomic E-state index is 6.01. The molecule has 0 saturated carbocycles. The molecule has 56 valence electrons. The Labute approximate surface area is 67.6 Å². The molecular weight excluding hydrogens is 144 g/mol. The van der Waals surface area contributed by atoms with Crippen molar-refractivity contribution in [2.45, 2.75) is 26.7 Å². The predicted octanol–water partition coefficient (Wildman–Crippen LogP) is 3.49. The molecule has 0 nitrogen and oxygen atoms in total. The van der Waals surface area contributed by atoms with E-state index in [0.717, 1.165) is 17.9 Å². The third-order valence-electron chi connectivity index (χ3n) is 1.76. The lowest BCUT2D eigenvalue weighted by Crippen LogP contribution is -1.96. The third-order valence-corrected chi connectivity index (χ3v) is 2.17. The first-order valence-electron chi connectivity index (χ1n) is 3.77. The molecule has 0 radical (unpaired) electrons. The Kier molecular flexibility index (Phi) is 2.56. The van der Waals surface area contributed by atoms with Crippen LogP contribution in [0.25, 0.3) is 0 Å². The van der Waals surface area contributed by atoms with Gasteiger partial charge in [-0.05, 0) is 24.3 Å². The Hall–Kier alpha value is -0.230. The number of halogens is 1. The van der Waals surface area contributed by atoms with Crippen molar-refractivity contribution in [1.82, 2.24) is 0 Å². The van der Waals surface area contributed by atoms with Gasteiger partial charge in [-0.25, -0.2) is 0 Å². The normalized spacial score (nSPS) is 18.8. The van der Waals surface area contributed by atoms with Crippen molar-refractivity contribution >= 4 is 11.6 Å². The summed E-state index contributed by atoms with van der Waals surface area (Å²) in [5.41, 5.74) is 1.31. The third kappa shape index (κ3) is 1.63. The summed E-state index contributed by atoms with van der Waals surface area (Å²) < 4.78 is 0. The highest BCUT2D eigenvalue weighted by molar-refractivity contribution is 6.30. The lowest BCUT2D eigenvalue weighted by Gasteiger charge is -2.13. The molecule has 0 heterocycles. The fourth-order valence-electron chi connectivity index (χ4n) is 1.16. The Bertz CT molecular complexity index is 175. The monoisotopic (exact) mass is 156 g/mol. The van der Waals surface area contributed by atoms with Gasteiger partial charge in [0.05, 0.1) is 0 Å². The molecule has 0 atom stereocenters. The van der Waals surface area contributed by atoms with Gasteiger partial charge in [0.1, 0.15) is 0 Å². The molecule has 0 bridgehead atoms. The van der Waals surface area contributed by atoms with Gasteiger partial charge in [-0.3, -0.25) is 0 Å². The predicted molar refractivity (Wildman–Crippen MR) is 46.1 cm³/mol. The molecule has 0 amide bonds. The highest BCUT2D eigenvalue weighted by Gasteiger charge is 2.08. The van der Waals surface area contributed by atoms with Crippen LogP contribution in [0.2, 0.25) is 0 Å². The Balaban J connectivity index is 2.79. The van der Waals surface area contributed by atoms with Crippen molar-refractivity contribution < 1.29 is 0 Å². The van der Waals surface area contributed by atoms with E-state index in [1.165, 1.54) is 5.57 Å². The zero-order valence-electron chi connectivity index (χ0n) is 6.52. The fraction of sp³-hybridized carbons (Fsp3) is 0.556. The molecule has 0 aromatic rings. The molecule has 1 aliphatic carbocycles. The van der Waals surface area contributed by atoms with Gasteiger partial charge in [0.2, 0.25) is 0 Å². The quantitative estimate of drug-likeness (QED) is 0.545. The summed E-state index contributed by atoms with van der Waals surface area (Å²) in [6.07, 6.45) is 6.48. The van der Waals surface area contributed by atoms with E-state index in [4.69, 9.17) is 11.6 Å². The Morgan fingerprint density at radius 3 is 2.60 bits per heavy atom. The van der Waals surface area contributed by atoms with E-state index < -0.39 is 0 Å². The summed E-state index contributed by atoms with van der Waals surface area (Å²) in [6, 6.07) is 0. The van der Waals surface area contributed by atoms with Crippen LogP contribution >= 0.6 is 11.6 Å². The topological polar surface area (TPSA) is 0 Å². The number of hydrogen-bond donors (Lipinski definition) is 0. The minimum Gasteiger partial charge on any atom is -0.0888 e. The van der Waals surface area contributed by atoms with E-state index in [2.05, 4.69) is 26.0 Å². The second-order valence-electron chi connectivity index (χ2n) is 2.96. The van der Waals surface area contributed by atoms with Crippen LogP contribution in [-0.2, 0) is 0 Å². The van der Waals surface area contributed by atoms with Crippen molar-refractivity contribution in [1.29, 1.82) is 0 Å². The van der Waals surface area contributed by atoms with Gasteiger partial charge in [-0.15, -0.1) is 0 Å². The van der Waals surface area contributed by atoms with E-state index in [9.17, 15) is 0 Å². The molecule has 0 unspecified atom stereocenters. The second-order valence-corrected chi connectivity index (χ2v) is 3.41. The first kappa shape index (κ1) is 7.87. The Morgan fingerprint density at radius 2 is 2.20 bits per heavy atom. The minimum atomic E-state index is 0.573. The largest absolute Gasteiger partial charge is 0.0888 e. The van der Waals surface area contributed by atoms with Crippen molar-refractivity contribution in [2.75, 3.05) is 0 Å². The van der Waals surface area contributed by atoms with Crippen LogP contribution in [0.15, 0.2) is 22.8 Å². The zero-order valence-corrected chi connectivity index (χ0v) is 7.28. The molecule has 1 aliphatic rings. The van der Waals surface area contributed by atoms with Crippen LogP contribution in [0.5, 0.6) is 0 Å². The summed E-state index contributed by atoms with van der Waals surface area (Å²) in [5.74, 6) is 0.573. The van der Waals surface area contributed by atoms with Gasteiger partial charge in [0.25, 0.3) is 0 Å². The fourth-order valence-corrected chi connectivity index (χ4v) is 1.55. The molecule has 1 heteroatoms. The highest BCUT2D eigenvalue weighted by Crippen LogP contribution is 2.26. The van der Waals surface area contributed by atoms with Crippen molar-refractivity contribution in [3.05, 3.63) is 22.8 Å². The molecule has 0 aliphatic heterocycles. The molecule has 10 heavy (non-hydrogen) atoms. The first-order chi connectivity index (χ1) is 4.72. The maximum Gasteiger partial charge on any atom is 0.0218 e. The van der Waals surface area contributed by atoms with Crippen LogP contribution < -0.4 is 0 Å². The van der Waals surface area contributed by atoms with Gasteiger partial charge >= 0.3 is 0 Å². The van der Waals surface area contributed by atoms with E-state index in [-0.39, 0.29) is 0 Å². The summed E-state index contributed by atoms with van der Waals surface area (Å²) in [5, 5.41) is 1.05. The summed E-state index contributed by atoms with van der Waals surface area (Å²) in [7, 11) is 0. The molecular formula is C9H13Cl. The molecule has 0 spiro atoms. The van der Waals surface area contributed by atoms with Crippen LogP contribution in [0.3, 0.4) is 0 Å². The lowest BCUT2D eigenvalue weighted by molar-refractivity contribution is 0.768. The number of allylic oxidation sites excluding steroid dienone is 4.